The van der Waals surface area contributed by atoms with Crippen LogP contribution in [0.1, 0.15) is 42.8 Å². The Kier molecular flexibility index (Phi) is 5.10. The van der Waals surface area contributed by atoms with Crippen molar-refractivity contribution in [1.29, 1.82) is 0 Å². The molecule has 21 heavy (non-hydrogen) atoms. The van der Waals surface area contributed by atoms with Crippen molar-refractivity contribution in [3.63, 3.8) is 0 Å². The standard InChI is InChI=1S/C14H18N4O2S/c1-9(11-7-15-16-8-11)17-14(20)6-12(18-10(2)19)13-4-3-5-21-13/h3-5,7-9,12H,6H2,1-2H3,(H,15,16)(H,17,20)(H,18,19). The van der Waals surface area contributed by atoms with Crippen molar-refractivity contribution in [2.45, 2.75) is 32.4 Å². The summed E-state index contributed by atoms with van der Waals surface area (Å²) in [5, 5.41) is 14.2. The molecule has 6 nitrogen and oxygen atoms in total. The molecule has 0 bridgehead atoms. The zero-order valence-corrected chi connectivity index (χ0v) is 12.7. The van der Waals surface area contributed by atoms with Crippen molar-refractivity contribution < 1.29 is 9.59 Å². The first-order chi connectivity index (χ1) is 10.1. The Bertz CT molecular complexity index is 580. The Morgan fingerprint density at radius 1 is 1.43 bits per heavy atom. The summed E-state index contributed by atoms with van der Waals surface area (Å²) in [6, 6.07) is 3.40. The lowest BCUT2D eigenvalue weighted by atomic mass is 10.1. The van der Waals surface area contributed by atoms with Gasteiger partial charge in [-0.05, 0) is 18.4 Å². The lowest BCUT2D eigenvalue weighted by Crippen LogP contribution is -2.33. The van der Waals surface area contributed by atoms with E-state index in [0.717, 1.165) is 10.4 Å². The van der Waals surface area contributed by atoms with Crippen LogP contribution in [-0.2, 0) is 9.59 Å². The number of carbonyl (C=O) groups excluding carboxylic acids is 2. The maximum absolute atomic E-state index is 12.1. The van der Waals surface area contributed by atoms with Crippen LogP contribution in [0.3, 0.4) is 0 Å². The topological polar surface area (TPSA) is 86.9 Å². The van der Waals surface area contributed by atoms with Gasteiger partial charge in [0.05, 0.1) is 24.7 Å². The van der Waals surface area contributed by atoms with E-state index in [1.165, 1.54) is 18.3 Å². The van der Waals surface area contributed by atoms with Gasteiger partial charge in [0.2, 0.25) is 11.8 Å². The molecule has 0 spiro atoms. The van der Waals surface area contributed by atoms with Crippen molar-refractivity contribution in [2.75, 3.05) is 0 Å². The number of hydrogen-bond donors (Lipinski definition) is 3. The average Bonchev–Trinajstić information content (AvgIpc) is 3.11. The molecule has 7 heteroatoms. The van der Waals surface area contributed by atoms with E-state index in [9.17, 15) is 9.59 Å². The van der Waals surface area contributed by atoms with Crippen LogP contribution >= 0.6 is 11.3 Å². The lowest BCUT2D eigenvalue weighted by molar-refractivity contribution is -0.123. The summed E-state index contributed by atoms with van der Waals surface area (Å²) in [7, 11) is 0. The largest absolute Gasteiger partial charge is 0.349 e. The van der Waals surface area contributed by atoms with Crippen molar-refractivity contribution >= 4 is 23.2 Å². The average molecular weight is 306 g/mol. The highest BCUT2D eigenvalue weighted by Crippen LogP contribution is 2.22. The predicted molar refractivity (Wildman–Crippen MR) is 80.6 cm³/mol. The van der Waals surface area contributed by atoms with Crippen LogP contribution in [0.4, 0.5) is 0 Å². The minimum Gasteiger partial charge on any atom is -0.349 e. The zero-order chi connectivity index (χ0) is 15.2. The molecule has 2 heterocycles. The van der Waals surface area contributed by atoms with Gasteiger partial charge in [-0.2, -0.15) is 5.10 Å². The van der Waals surface area contributed by atoms with Crippen molar-refractivity contribution in [3.05, 3.63) is 40.3 Å². The summed E-state index contributed by atoms with van der Waals surface area (Å²) >= 11 is 1.52. The second kappa shape index (κ2) is 7.03. The second-order valence-electron chi connectivity index (χ2n) is 4.79. The maximum Gasteiger partial charge on any atom is 0.222 e. The molecule has 0 aliphatic rings. The normalized spacial score (nSPS) is 13.4. The van der Waals surface area contributed by atoms with E-state index in [-0.39, 0.29) is 30.3 Å². The van der Waals surface area contributed by atoms with Crippen LogP contribution in [0.2, 0.25) is 0 Å². The van der Waals surface area contributed by atoms with E-state index in [4.69, 9.17) is 0 Å². The van der Waals surface area contributed by atoms with Gasteiger partial charge in [0, 0.05) is 23.6 Å². The molecule has 0 aromatic carbocycles. The third kappa shape index (κ3) is 4.42. The fourth-order valence-electron chi connectivity index (χ4n) is 2.02. The zero-order valence-electron chi connectivity index (χ0n) is 11.9. The minimum atomic E-state index is -0.293. The summed E-state index contributed by atoms with van der Waals surface area (Å²) in [6.45, 7) is 3.34. The van der Waals surface area contributed by atoms with E-state index in [1.54, 1.807) is 12.4 Å². The maximum atomic E-state index is 12.1. The van der Waals surface area contributed by atoms with Crippen LogP contribution in [0.15, 0.2) is 29.9 Å². The number of hydrogen-bond acceptors (Lipinski definition) is 4. The molecular weight excluding hydrogens is 288 g/mol. The molecular formula is C14H18N4O2S. The molecule has 2 amide bonds. The van der Waals surface area contributed by atoms with Gasteiger partial charge in [0.15, 0.2) is 0 Å². The van der Waals surface area contributed by atoms with E-state index in [0.29, 0.717) is 0 Å². The molecule has 2 rings (SSSR count). The molecule has 0 radical (unpaired) electrons. The summed E-state index contributed by atoms with van der Waals surface area (Å²) in [5.74, 6) is -0.264. The molecule has 2 aromatic heterocycles. The Hall–Kier alpha value is -2.15. The van der Waals surface area contributed by atoms with Gasteiger partial charge < -0.3 is 10.6 Å². The van der Waals surface area contributed by atoms with Gasteiger partial charge in [-0.15, -0.1) is 11.3 Å². The third-order valence-electron chi connectivity index (χ3n) is 3.05. The number of thiophene rings is 1. The highest BCUT2D eigenvalue weighted by atomic mass is 32.1. The number of H-pyrrole nitrogens is 1. The monoisotopic (exact) mass is 306 g/mol. The van der Waals surface area contributed by atoms with Crippen LogP contribution in [0, 0.1) is 0 Å². The summed E-state index contributed by atoms with van der Waals surface area (Å²) in [5.41, 5.74) is 0.913. The SMILES string of the molecule is CC(=O)NC(CC(=O)NC(C)c1cn[nH]c1)c1cccs1. The number of nitrogens with zero attached hydrogens (tertiary/aromatic N) is 1. The van der Waals surface area contributed by atoms with Gasteiger partial charge in [-0.25, -0.2) is 0 Å². The van der Waals surface area contributed by atoms with Crippen LogP contribution < -0.4 is 10.6 Å². The third-order valence-corrected chi connectivity index (χ3v) is 4.04. The molecule has 2 unspecified atom stereocenters. The summed E-state index contributed by atoms with van der Waals surface area (Å²) in [4.78, 5) is 24.4. The van der Waals surface area contributed by atoms with E-state index >= 15 is 0 Å². The highest BCUT2D eigenvalue weighted by Gasteiger charge is 2.19. The number of aromatic amines is 1. The summed E-state index contributed by atoms with van der Waals surface area (Å²) < 4.78 is 0. The van der Waals surface area contributed by atoms with E-state index in [2.05, 4.69) is 20.8 Å². The first kappa shape index (κ1) is 15.2. The summed E-state index contributed by atoms with van der Waals surface area (Å²) in [6.07, 6.45) is 3.63. The van der Waals surface area contributed by atoms with Gasteiger partial charge in [0.25, 0.3) is 0 Å². The Morgan fingerprint density at radius 3 is 2.81 bits per heavy atom. The Labute approximate surface area is 127 Å². The fraction of sp³-hybridized carbons (Fsp3) is 0.357. The van der Waals surface area contributed by atoms with Crippen molar-refractivity contribution in [2.24, 2.45) is 0 Å². The molecule has 0 aliphatic heterocycles. The fourth-order valence-corrected chi connectivity index (χ4v) is 2.80. The Morgan fingerprint density at radius 2 is 2.24 bits per heavy atom. The second-order valence-corrected chi connectivity index (χ2v) is 5.77. The molecule has 0 aliphatic carbocycles. The molecule has 2 aromatic rings. The molecule has 112 valence electrons. The van der Waals surface area contributed by atoms with Gasteiger partial charge in [-0.1, -0.05) is 6.07 Å². The number of rotatable bonds is 6. The minimum absolute atomic E-state index is 0.115. The smallest absolute Gasteiger partial charge is 0.222 e. The first-order valence-electron chi connectivity index (χ1n) is 6.65. The number of aromatic nitrogens is 2. The Balaban J connectivity index is 1.96. The van der Waals surface area contributed by atoms with Crippen LogP contribution in [-0.4, -0.2) is 22.0 Å². The first-order valence-corrected chi connectivity index (χ1v) is 7.52. The van der Waals surface area contributed by atoms with Crippen LogP contribution in [0.5, 0.6) is 0 Å². The molecule has 0 saturated carbocycles. The molecule has 0 saturated heterocycles. The molecule has 3 N–H and O–H groups in total. The van der Waals surface area contributed by atoms with Gasteiger partial charge in [0.1, 0.15) is 0 Å². The molecule has 0 fully saturated rings. The number of amides is 2. The van der Waals surface area contributed by atoms with E-state index < -0.39 is 0 Å². The van der Waals surface area contributed by atoms with Gasteiger partial charge >= 0.3 is 0 Å². The van der Waals surface area contributed by atoms with E-state index in [1.807, 2.05) is 24.4 Å². The van der Waals surface area contributed by atoms with Gasteiger partial charge in [-0.3, -0.25) is 14.7 Å². The lowest BCUT2D eigenvalue weighted by Gasteiger charge is -2.18. The van der Waals surface area contributed by atoms with Crippen molar-refractivity contribution in [1.82, 2.24) is 20.8 Å². The quantitative estimate of drug-likeness (QED) is 0.762. The van der Waals surface area contributed by atoms with Crippen LogP contribution in [0.25, 0.3) is 0 Å². The highest BCUT2D eigenvalue weighted by molar-refractivity contribution is 7.10. The number of nitrogens with one attached hydrogen (secondary N) is 3. The molecule has 2 atom stereocenters. The van der Waals surface area contributed by atoms with Crippen molar-refractivity contribution in [3.8, 4) is 0 Å². The number of carbonyl (C=O) groups is 2. The predicted octanol–water partition coefficient (Wildman–Crippen LogP) is 1.92.